The van der Waals surface area contributed by atoms with Crippen LogP contribution in [0.3, 0.4) is 0 Å². The zero-order valence-corrected chi connectivity index (χ0v) is 9.91. The van der Waals surface area contributed by atoms with E-state index in [9.17, 15) is 5.11 Å². The maximum Gasteiger partial charge on any atom is 0.114 e. The molecular formula is C13H14O2S. The number of thioether (sulfide) groups is 1. The number of benzene rings is 1. The maximum atomic E-state index is 9.96. The molecule has 84 valence electrons. The third-order valence-corrected chi connectivity index (χ3v) is 3.61. The minimum atomic E-state index is -0.430. The molecule has 2 nitrogen and oxygen atoms in total. The molecule has 1 aromatic carbocycles. The van der Waals surface area contributed by atoms with Crippen molar-refractivity contribution in [3.8, 4) is 0 Å². The van der Waals surface area contributed by atoms with Gasteiger partial charge in [-0.25, -0.2) is 0 Å². The van der Waals surface area contributed by atoms with Gasteiger partial charge in [-0.2, -0.15) is 0 Å². The van der Waals surface area contributed by atoms with Gasteiger partial charge in [0.1, 0.15) is 5.76 Å². The molecule has 1 heterocycles. The van der Waals surface area contributed by atoms with E-state index in [0.29, 0.717) is 5.75 Å². The normalized spacial score (nSPS) is 12.6. The number of aryl methyl sites for hydroxylation is 1. The van der Waals surface area contributed by atoms with Crippen LogP contribution < -0.4 is 0 Å². The second kappa shape index (κ2) is 5.23. The van der Waals surface area contributed by atoms with Crippen LogP contribution in [0.4, 0.5) is 0 Å². The molecule has 2 aromatic rings. The van der Waals surface area contributed by atoms with Crippen molar-refractivity contribution in [3.05, 3.63) is 54.0 Å². The number of hydrogen-bond donors (Lipinski definition) is 1. The summed E-state index contributed by atoms with van der Waals surface area (Å²) >= 11 is 1.61. The van der Waals surface area contributed by atoms with Gasteiger partial charge in [-0.05, 0) is 18.6 Å². The fourth-order valence-corrected chi connectivity index (χ4v) is 2.40. The lowest BCUT2D eigenvalue weighted by Gasteiger charge is -2.09. The van der Waals surface area contributed by atoms with Gasteiger partial charge in [-0.1, -0.05) is 30.3 Å². The van der Waals surface area contributed by atoms with Crippen LogP contribution in [-0.4, -0.2) is 10.9 Å². The highest BCUT2D eigenvalue weighted by Gasteiger charge is 2.09. The summed E-state index contributed by atoms with van der Waals surface area (Å²) in [5.74, 6) is 1.55. The topological polar surface area (TPSA) is 33.4 Å². The highest BCUT2D eigenvalue weighted by Crippen LogP contribution is 2.27. The standard InChI is InChI=1S/C13H14O2S/c1-10-13(7-8-15-10)16-9-12(14)11-5-3-2-4-6-11/h2-8,12,14H,9H2,1H3. The Morgan fingerprint density at radius 2 is 2.00 bits per heavy atom. The molecule has 0 amide bonds. The molecule has 16 heavy (non-hydrogen) atoms. The van der Waals surface area contributed by atoms with Crippen molar-refractivity contribution in [2.75, 3.05) is 5.75 Å². The van der Waals surface area contributed by atoms with Crippen molar-refractivity contribution in [3.63, 3.8) is 0 Å². The van der Waals surface area contributed by atoms with Crippen LogP contribution in [0.25, 0.3) is 0 Å². The fourth-order valence-electron chi connectivity index (χ4n) is 1.46. The highest BCUT2D eigenvalue weighted by atomic mass is 32.2. The van der Waals surface area contributed by atoms with Gasteiger partial charge in [0.2, 0.25) is 0 Å². The van der Waals surface area contributed by atoms with Gasteiger partial charge >= 0.3 is 0 Å². The average molecular weight is 234 g/mol. The van der Waals surface area contributed by atoms with Crippen LogP contribution in [0, 0.1) is 6.92 Å². The van der Waals surface area contributed by atoms with Gasteiger partial charge in [0.05, 0.1) is 12.4 Å². The smallest absolute Gasteiger partial charge is 0.114 e. The largest absolute Gasteiger partial charge is 0.468 e. The number of rotatable bonds is 4. The molecule has 1 aromatic heterocycles. The first-order valence-electron chi connectivity index (χ1n) is 5.17. The molecule has 0 saturated carbocycles. The summed E-state index contributed by atoms with van der Waals surface area (Å²) in [6.07, 6.45) is 1.24. The van der Waals surface area contributed by atoms with E-state index in [0.717, 1.165) is 16.2 Å². The van der Waals surface area contributed by atoms with Crippen molar-refractivity contribution >= 4 is 11.8 Å². The van der Waals surface area contributed by atoms with Gasteiger partial charge in [0.15, 0.2) is 0 Å². The number of furan rings is 1. The van der Waals surface area contributed by atoms with E-state index >= 15 is 0 Å². The molecule has 0 bridgehead atoms. The van der Waals surface area contributed by atoms with E-state index in [1.165, 1.54) is 0 Å². The Balaban J connectivity index is 1.94. The monoisotopic (exact) mass is 234 g/mol. The van der Waals surface area contributed by atoms with Gasteiger partial charge in [-0.3, -0.25) is 0 Å². The Kier molecular flexibility index (Phi) is 3.70. The summed E-state index contributed by atoms with van der Waals surface area (Å²) in [6, 6.07) is 11.6. The Morgan fingerprint density at radius 1 is 1.25 bits per heavy atom. The summed E-state index contributed by atoms with van der Waals surface area (Å²) in [6.45, 7) is 1.93. The Labute approximate surface area is 99.3 Å². The third kappa shape index (κ3) is 2.68. The van der Waals surface area contributed by atoms with Crippen molar-refractivity contribution in [2.45, 2.75) is 17.9 Å². The second-order valence-corrected chi connectivity index (χ2v) is 4.64. The summed E-state index contributed by atoms with van der Waals surface area (Å²) in [4.78, 5) is 1.09. The molecule has 1 atom stereocenters. The lowest BCUT2D eigenvalue weighted by Crippen LogP contribution is -1.99. The van der Waals surface area contributed by atoms with E-state index in [1.54, 1.807) is 18.0 Å². The van der Waals surface area contributed by atoms with Gasteiger partial charge in [0, 0.05) is 10.6 Å². The summed E-state index contributed by atoms with van der Waals surface area (Å²) in [5, 5.41) is 9.96. The lowest BCUT2D eigenvalue weighted by molar-refractivity contribution is 0.204. The summed E-state index contributed by atoms with van der Waals surface area (Å²) < 4.78 is 5.20. The third-order valence-electron chi connectivity index (χ3n) is 2.39. The SMILES string of the molecule is Cc1occc1SCC(O)c1ccccc1. The van der Waals surface area contributed by atoms with Crippen molar-refractivity contribution in [1.29, 1.82) is 0 Å². The molecular weight excluding hydrogens is 220 g/mol. The quantitative estimate of drug-likeness (QED) is 0.823. The van der Waals surface area contributed by atoms with Crippen LogP contribution in [0.1, 0.15) is 17.4 Å². The predicted molar refractivity (Wildman–Crippen MR) is 65.6 cm³/mol. The van der Waals surface area contributed by atoms with E-state index < -0.39 is 6.10 Å². The van der Waals surface area contributed by atoms with Crippen LogP contribution in [0.2, 0.25) is 0 Å². The van der Waals surface area contributed by atoms with E-state index in [1.807, 2.05) is 43.3 Å². The fraction of sp³-hybridized carbons (Fsp3) is 0.231. The Hall–Kier alpha value is -1.19. The Morgan fingerprint density at radius 3 is 2.62 bits per heavy atom. The van der Waals surface area contributed by atoms with Gasteiger partial charge in [0.25, 0.3) is 0 Å². The van der Waals surface area contributed by atoms with Crippen LogP contribution in [-0.2, 0) is 0 Å². The van der Waals surface area contributed by atoms with E-state index in [-0.39, 0.29) is 0 Å². The van der Waals surface area contributed by atoms with E-state index in [2.05, 4.69) is 0 Å². The average Bonchev–Trinajstić information content (AvgIpc) is 2.73. The number of aliphatic hydroxyl groups excluding tert-OH is 1. The molecule has 0 fully saturated rings. The zero-order valence-electron chi connectivity index (χ0n) is 9.09. The molecule has 0 radical (unpaired) electrons. The van der Waals surface area contributed by atoms with Gasteiger partial charge in [-0.15, -0.1) is 11.8 Å². The molecule has 1 unspecified atom stereocenters. The molecule has 1 N–H and O–H groups in total. The zero-order chi connectivity index (χ0) is 11.4. The molecule has 0 aliphatic heterocycles. The number of hydrogen-bond acceptors (Lipinski definition) is 3. The minimum Gasteiger partial charge on any atom is -0.468 e. The van der Waals surface area contributed by atoms with Gasteiger partial charge < -0.3 is 9.52 Å². The lowest BCUT2D eigenvalue weighted by atomic mass is 10.1. The first kappa shape index (κ1) is 11.3. The first-order chi connectivity index (χ1) is 7.77. The minimum absolute atomic E-state index is 0.430. The second-order valence-electron chi connectivity index (χ2n) is 3.58. The van der Waals surface area contributed by atoms with Crippen LogP contribution in [0.15, 0.2) is 52.0 Å². The molecule has 3 heteroatoms. The van der Waals surface area contributed by atoms with Crippen molar-refractivity contribution in [2.24, 2.45) is 0 Å². The van der Waals surface area contributed by atoms with Crippen LogP contribution in [0.5, 0.6) is 0 Å². The molecule has 2 rings (SSSR count). The molecule has 0 saturated heterocycles. The Bertz CT molecular complexity index is 436. The molecule has 0 spiro atoms. The molecule has 0 aliphatic carbocycles. The predicted octanol–water partition coefficient (Wildman–Crippen LogP) is 3.41. The summed E-state index contributed by atoms with van der Waals surface area (Å²) in [5.41, 5.74) is 0.955. The van der Waals surface area contributed by atoms with Crippen molar-refractivity contribution < 1.29 is 9.52 Å². The number of aliphatic hydroxyl groups is 1. The maximum absolute atomic E-state index is 9.96. The highest BCUT2D eigenvalue weighted by molar-refractivity contribution is 7.99. The first-order valence-corrected chi connectivity index (χ1v) is 6.16. The van der Waals surface area contributed by atoms with Crippen LogP contribution >= 0.6 is 11.8 Å². The van der Waals surface area contributed by atoms with E-state index in [4.69, 9.17) is 4.42 Å². The summed E-state index contributed by atoms with van der Waals surface area (Å²) in [7, 11) is 0. The van der Waals surface area contributed by atoms with Crippen molar-refractivity contribution in [1.82, 2.24) is 0 Å². The molecule has 0 aliphatic rings.